The van der Waals surface area contributed by atoms with Gasteiger partial charge in [-0.25, -0.2) is 9.78 Å². The number of urea groups is 1. The van der Waals surface area contributed by atoms with Gasteiger partial charge in [-0.05, 0) is 62.8 Å². The number of anilines is 1. The first-order valence-corrected chi connectivity index (χ1v) is 10.1. The Hall–Kier alpha value is -3.09. The highest BCUT2D eigenvalue weighted by Gasteiger charge is 2.27. The SMILES string of the molecule is Cc1nc2c(C)ncc(C3CCN(C(=O)NC(C)c4ccc(N)cc4)CC3)c2[nH]1. The first kappa shape index (κ1) is 19.2. The number of nitrogens with two attached hydrogens (primary N) is 1. The quantitative estimate of drug-likeness (QED) is 0.590. The van der Waals surface area contributed by atoms with Gasteiger partial charge in [0.05, 0.1) is 17.3 Å². The Labute approximate surface area is 170 Å². The van der Waals surface area contributed by atoms with Gasteiger partial charge in [0.1, 0.15) is 11.3 Å². The van der Waals surface area contributed by atoms with E-state index in [1.54, 1.807) is 0 Å². The maximum atomic E-state index is 12.7. The van der Waals surface area contributed by atoms with Crippen LogP contribution in [-0.4, -0.2) is 39.0 Å². The number of aromatic nitrogens is 3. The number of hydrogen-bond donors (Lipinski definition) is 3. The Balaban J connectivity index is 1.40. The van der Waals surface area contributed by atoms with Crippen LogP contribution in [-0.2, 0) is 0 Å². The number of aryl methyl sites for hydroxylation is 2. The fraction of sp³-hybridized carbons (Fsp3) is 0.409. The number of piperidine rings is 1. The van der Waals surface area contributed by atoms with Gasteiger partial charge in [-0.1, -0.05) is 12.1 Å². The maximum absolute atomic E-state index is 12.7. The molecule has 4 N–H and O–H groups in total. The number of nitrogens with zero attached hydrogens (tertiary/aromatic N) is 3. The highest BCUT2D eigenvalue weighted by molar-refractivity contribution is 5.81. The molecule has 0 spiro atoms. The Morgan fingerprint density at radius 2 is 1.93 bits per heavy atom. The number of carbonyl (C=O) groups excluding carboxylic acids is 1. The third-order valence-electron chi connectivity index (χ3n) is 5.85. The van der Waals surface area contributed by atoms with Crippen molar-refractivity contribution in [2.75, 3.05) is 18.8 Å². The second kappa shape index (κ2) is 7.73. The summed E-state index contributed by atoms with van der Waals surface area (Å²) in [6.45, 7) is 7.41. The highest BCUT2D eigenvalue weighted by atomic mass is 16.2. The maximum Gasteiger partial charge on any atom is 0.317 e. The van der Waals surface area contributed by atoms with E-state index in [-0.39, 0.29) is 12.1 Å². The number of aromatic amines is 1. The molecule has 1 fully saturated rings. The zero-order valence-electron chi connectivity index (χ0n) is 17.2. The minimum absolute atomic E-state index is 0.0164. The number of pyridine rings is 1. The van der Waals surface area contributed by atoms with E-state index >= 15 is 0 Å². The molecular weight excluding hydrogens is 364 g/mol. The van der Waals surface area contributed by atoms with Crippen LogP contribution in [0.1, 0.15) is 54.4 Å². The summed E-state index contributed by atoms with van der Waals surface area (Å²) in [7, 11) is 0. The van der Waals surface area contributed by atoms with Gasteiger partial charge in [-0.3, -0.25) is 4.98 Å². The number of fused-ring (bicyclic) bond motifs is 1. The normalized spacial score (nSPS) is 16.2. The molecule has 0 aliphatic carbocycles. The third-order valence-corrected chi connectivity index (χ3v) is 5.85. The molecule has 0 radical (unpaired) electrons. The first-order valence-electron chi connectivity index (χ1n) is 10.1. The Kier molecular flexibility index (Phi) is 5.13. The lowest BCUT2D eigenvalue weighted by atomic mass is 9.89. The molecule has 1 aromatic carbocycles. The molecule has 4 rings (SSSR count). The van der Waals surface area contributed by atoms with E-state index in [4.69, 9.17) is 5.73 Å². The molecule has 2 aromatic heterocycles. The number of benzene rings is 1. The average molecular weight is 393 g/mol. The summed E-state index contributed by atoms with van der Waals surface area (Å²) in [6.07, 6.45) is 3.81. The Morgan fingerprint density at radius 3 is 2.62 bits per heavy atom. The number of amides is 2. The van der Waals surface area contributed by atoms with Crippen LogP contribution in [0.15, 0.2) is 30.5 Å². The highest BCUT2D eigenvalue weighted by Crippen LogP contribution is 2.32. The number of nitrogen functional groups attached to an aromatic ring is 1. The van der Waals surface area contributed by atoms with Crippen LogP contribution in [0.4, 0.5) is 10.5 Å². The number of rotatable bonds is 3. The summed E-state index contributed by atoms with van der Waals surface area (Å²) in [5.41, 5.74) is 11.7. The van der Waals surface area contributed by atoms with Crippen LogP contribution in [0.2, 0.25) is 0 Å². The molecule has 29 heavy (non-hydrogen) atoms. The number of H-pyrrole nitrogens is 1. The lowest BCUT2D eigenvalue weighted by Crippen LogP contribution is -2.44. The summed E-state index contributed by atoms with van der Waals surface area (Å²) in [4.78, 5) is 27.1. The van der Waals surface area contributed by atoms with Gasteiger partial charge in [0, 0.05) is 25.0 Å². The molecule has 0 bridgehead atoms. The minimum Gasteiger partial charge on any atom is -0.399 e. The van der Waals surface area contributed by atoms with Crippen LogP contribution in [0.3, 0.4) is 0 Å². The Bertz CT molecular complexity index is 1020. The van der Waals surface area contributed by atoms with Crippen LogP contribution >= 0.6 is 0 Å². The van der Waals surface area contributed by atoms with Crippen molar-refractivity contribution in [2.45, 2.75) is 45.6 Å². The van der Waals surface area contributed by atoms with Crippen LogP contribution in [0.25, 0.3) is 11.0 Å². The average Bonchev–Trinajstić information content (AvgIpc) is 3.11. The van der Waals surface area contributed by atoms with Crippen LogP contribution in [0, 0.1) is 13.8 Å². The zero-order valence-corrected chi connectivity index (χ0v) is 17.2. The topological polar surface area (TPSA) is 99.9 Å². The number of nitrogens with one attached hydrogen (secondary N) is 2. The predicted octanol–water partition coefficient (Wildman–Crippen LogP) is 3.81. The fourth-order valence-corrected chi connectivity index (χ4v) is 4.10. The monoisotopic (exact) mass is 392 g/mol. The van der Waals surface area contributed by atoms with E-state index in [9.17, 15) is 4.79 Å². The summed E-state index contributed by atoms with van der Waals surface area (Å²) in [6, 6.07) is 7.55. The number of imidazole rings is 1. The number of likely N-dealkylation sites (tertiary alicyclic amines) is 1. The summed E-state index contributed by atoms with van der Waals surface area (Å²) >= 11 is 0. The molecule has 2 amide bonds. The van der Waals surface area contributed by atoms with Gasteiger partial charge in [0.15, 0.2) is 0 Å². The lowest BCUT2D eigenvalue weighted by molar-refractivity contribution is 0.178. The van der Waals surface area contributed by atoms with E-state index in [1.807, 2.05) is 56.1 Å². The van der Waals surface area contributed by atoms with E-state index in [1.165, 1.54) is 5.56 Å². The Morgan fingerprint density at radius 1 is 1.24 bits per heavy atom. The van der Waals surface area contributed by atoms with E-state index in [0.717, 1.165) is 59.7 Å². The molecule has 1 unspecified atom stereocenters. The van der Waals surface area contributed by atoms with Crippen molar-refractivity contribution in [3.05, 3.63) is 53.1 Å². The van der Waals surface area contributed by atoms with Crippen LogP contribution in [0.5, 0.6) is 0 Å². The van der Waals surface area contributed by atoms with E-state index in [2.05, 4.69) is 20.3 Å². The smallest absolute Gasteiger partial charge is 0.317 e. The van der Waals surface area contributed by atoms with Crippen molar-refractivity contribution in [3.8, 4) is 0 Å². The molecule has 0 saturated carbocycles. The lowest BCUT2D eigenvalue weighted by Gasteiger charge is -2.33. The van der Waals surface area contributed by atoms with Crippen molar-refractivity contribution < 1.29 is 4.79 Å². The van der Waals surface area contributed by atoms with Gasteiger partial charge < -0.3 is 20.9 Å². The fourth-order valence-electron chi connectivity index (χ4n) is 4.10. The van der Waals surface area contributed by atoms with Gasteiger partial charge in [-0.15, -0.1) is 0 Å². The summed E-state index contributed by atoms with van der Waals surface area (Å²) in [5, 5.41) is 3.10. The van der Waals surface area contributed by atoms with Gasteiger partial charge in [0.2, 0.25) is 0 Å². The molecule has 1 atom stereocenters. The second-order valence-electron chi connectivity index (χ2n) is 7.94. The standard InChI is InChI=1S/C22H28N6O/c1-13(16-4-6-18(23)7-5-16)25-22(29)28-10-8-17(9-11-28)19-12-24-14(2)20-21(19)27-15(3)26-20/h4-7,12-13,17H,8-11,23H2,1-3H3,(H,25,29)(H,26,27). The molecule has 1 aliphatic heterocycles. The summed E-state index contributed by atoms with van der Waals surface area (Å²) < 4.78 is 0. The largest absolute Gasteiger partial charge is 0.399 e. The van der Waals surface area contributed by atoms with Gasteiger partial charge in [-0.2, -0.15) is 0 Å². The third kappa shape index (κ3) is 3.90. The van der Waals surface area contributed by atoms with E-state index < -0.39 is 0 Å². The number of carbonyl (C=O) groups is 1. The van der Waals surface area contributed by atoms with E-state index in [0.29, 0.717) is 5.92 Å². The van der Waals surface area contributed by atoms with Crippen molar-refractivity contribution >= 4 is 22.8 Å². The van der Waals surface area contributed by atoms with Crippen LogP contribution < -0.4 is 11.1 Å². The first-order chi connectivity index (χ1) is 13.9. The molecule has 3 aromatic rings. The molecule has 1 aliphatic rings. The molecule has 152 valence electrons. The minimum atomic E-state index is -0.0604. The van der Waals surface area contributed by atoms with Crippen molar-refractivity contribution in [3.63, 3.8) is 0 Å². The van der Waals surface area contributed by atoms with Crippen molar-refractivity contribution in [1.29, 1.82) is 0 Å². The van der Waals surface area contributed by atoms with Crippen molar-refractivity contribution in [2.24, 2.45) is 0 Å². The summed E-state index contributed by atoms with van der Waals surface area (Å²) in [5.74, 6) is 1.29. The molecule has 1 saturated heterocycles. The zero-order chi connectivity index (χ0) is 20.5. The van der Waals surface area contributed by atoms with Gasteiger partial charge in [0.25, 0.3) is 0 Å². The predicted molar refractivity (Wildman–Crippen MR) is 115 cm³/mol. The van der Waals surface area contributed by atoms with Crippen molar-refractivity contribution in [1.82, 2.24) is 25.2 Å². The molecule has 3 heterocycles. The molecular formula is C22H28N6O. The second-order valence-corrected chi connectivity index (χ2v) is 7.94. The molecule has 7 nitrogen and oxygen atoms in total. The number of hydrogen-bond acceptors (Lipinski definition) is 4. The van der Waals surface area contributed by atoms with Gasteiger partial charge >= 0.3 is 6.03 Å². The molecule has 7 heteroatoms.